The molecule has 1 aliphatic rings. The van der Waals surface area contributed by atoms with E-state index in [1.54, 1.807) is 27.7 Å². The fourth-order valence-corrected chi connectivity index (χ4v) is 5.70. The first-order valence-corrected chi connectivity index (χ1v) is 9.77. The molecule has 1 heterocycles. The number of hydrogen-bond donors (Lipinski definition) is 0. The summed E-state index contributed by atoms with van der Waals surface area (Å²) >= 11 is 0. The second kappa shape index (κ2) is 5.18. The van der Waals surface area contributed by atoms with Gasteiger partial charge in [-0.3, -0.25) is 8.37 Å². The summed E-state index contributed by atoms with van der Waals surface area (Å²) in [6, 6.07) is 0. The van der Waals surface area contributed by atoms with Crippen LogP contribution in [-0.4, -0.2) is 38.0 Å². The Kier molecular flexibility index (Phi) is 4.65. The molecule has 6 nitrogen and oxygen atoms in total. The van der Waals surface area contributed by atoms with Crippen LogP contribution in [0.4, 0.5) is 0 Å². The third-order valence-electron chi connectivity index (χ3n) is 3.48. The van der Waals surface area contributed by atoms with Crippen molar-refractivity contribution < 1.29 is 25.2 Å². The summed E-state index contributed by atoms with van der Waals surface area (Å²) in [5.74, 6) is 0. The summed E-state index contributed by atoms with van der Waals surface area (Å²) in [6.07, 6.45) is 0.0328. The van der Waals surface area contributed by atoms with Gasteiger partial charge < -0.3 is 0 Å². The van der Waals surface area contributed by atoms with Crippen LogP contribution in [0.25, 0.3) is 0 Å². The minimum atomic E-state index is -3.92. The molecule has 21 heavy (non-hydrogen) atoms. The Labute approximate surface area is 128 Å². The molecule has 126 valence electrons. The zero-order valence-corrected chi connectivity index (χ0v) is 15.4. The molecule has 1 fully saturated rings. The van der Waals surface area contributed by atoms with Gasteiger partial charge in [-0.2, -0.15) is 16.8 Å². The Morgan fingerprint density at radius 3 is 1.76 bits per heavy atom. The van der Waals surface area contributed by atoms with Crippen molar-refractivity contribution in [2.75, 3.05) is 0 Å². The van der Waals surface area contributed by atoms with Gasteiger partial charge in [0.25, 0.3) is 20.2 Å². The molecule has 1 unspecified atom stereocenters. The Morgan fingerprint density at radius 2 is 1.29 bits per heavy atom. The molecule has 0 aromatic heterocycles. The lowest BCUT2D eigenvalue weighted by Crippen LogP contribution is -2.48. The Morgan fingerprint density at radius 1 is 0.857 bits per heavy atom. The van der Waals surface area contributed by atoms with Gasteiger partial charge in [-0.05, 0) is 54.9 Å². The summed E-state index contributed by atoms with van der Waals surface area (Å²) in [5.41, 5.74) is -2.11. The quantitative estimate of drug-likeness (QED) is 0.627. The van der Waals surface area contributed by atoms with Gasteiger partial charge in [0.2, 0.25) is 0 Å². The van der Waals surface area contributed by atoms with Crippen LogP contribution in [-0.2, 0) is 28.6 Å². The lowest BCUT2D eigenvalue weighted by Gasteiger charge is -2.39. The third-order valence-corrected chi connectivity index (χ3v) is 7.50. The third kappa shape index (κ3) is 4.40. The molecule has 0 saturated carbocycles. The number of hydrogen-bond acceptors (Lipinski definition) is 6. The Bertz CT molecular complexity index is 599. The molecule has 0 aromatic rings. The molecular formula is C13H26O6S2. The lowest BCUT2D eigenvalue weighted by molar-refractivity contribution is 0.00837. The van der Waals surface area contributed by atoms with Crippen molar-refractivity contribution in [3.8, 4) is 0 Å². The maximum Gasteiger partial charge on any atom is 0.273 e. The largest absolute Gasteiger partial charge is 0.273 e. The molecule has 0 N–H and O–H groups in total. The molecular weight excluding hydrogens is 316 g/mol. The van der Waals surface area contributed by atoms with Crippen LogP contribution in [0.1, 0.15) is 61.3 Å². The first-order chi connectivity index (χ1) is 9.00. The highest BCUT2D eigenvalue weighted by Gasteiger charge is 2.47. The van der Waals surface area contributed by atoms with E-state index in [-0.39, 0.29) is 12.8 Å². The van der Waals surface area contributed by atoms with Gasteiger partial charge in [-0.1, -0.05) is 0 Å². The van der Waals surface area contributed by atoms with Crippen LogP contribution in [0.3, 0.4) is 0 Å². The smallest absolute Gasteiger partial charge is 0.264 e. The van der Waals surface area contributed by atoms with Gasteiger partial charge in [0.1, 0.15) is 0 Å². The van der Waals surface area contributed by atoms with Crippen molar-refractivity contribution in [1.29, 1.82) is 0 Å². The summed E-state index contributed by atoms with van der Waals surface area (Å²) in [4.78, 5) is 0. The molecule has 0 aliphatic carbocycles. The Balaban J connectivity index is 3.40. The SMILES string of the molecule is CC1CC(C)(C)S(=O)(=O)OC(C)(C)CC(C)(C)OS1(=O)=O. The summed E-state index contributed by atoms with van der Waals surface area (Å²) in [7, 11) is -7.78. The summed E-state index contributed by atoms with van der Waals surface area (Å²) < 4.78 is 58.9. The van der Waals surface area contributed by atoms with E-state index in [0.29, 0.717) is 0 Å². The average molecular weight is 342 g/mol. The van der Waals surface area contributed by atoms with Crippen molar-refractivity contribution in [2.45, 2.75) is 82.5 Å². The average Bonchev–Trinajstić information content (AvgIpc) is 2.08. The molecule has 1 saturated heterocycles. The van der Waals surface area contributed by atoms with E-state index in [4.69, 9.17) is 8.37 Å². The highest BCUT2D eigenvalue weighted by atomic mass is 32.2. The molecule has 0 amide bonds. The van der Waals surface area contributed by atoms with Gasteiger partial charge in [0.05, 0.1) is 21.2 Å². The van der Waals surface area contributed by atoms with Crippen molar-refractivity contribution in [3.63, 3.8) is 0 Å². The second-order valence-corrected chi connectivity index (χ2v) is 11.7. The first kappa shape index (κ1) is 18.9. The molecule has 0 spiro atoms. The van der Waals surface area contributed by atoms with E-state index in [0.717, 1.165) is 0 Å². The van der Waals surface area contributed by atoms with Crippen LogP contribution in [0.5, 0.6) is 0 Å². The molecule has 0 bridgehead atoms. The number of rotatable bonds is 0. The van der Waals surface area contributed by atoms with Crippen molar-refractivity contribution in [1.82, 2.24) is 0 Å². The molecule has 1 atom stereocenters. The predicted molar refractivity (Wildman–Crippen MR) is 80.9 cm³/mol. The zero-order chi connectivity index (χ0) is 16.9. The van der Waals surface area contributed by atoms with E-state index in [1.807, 2.05) is 0 Å². The van der Waals surface area contributed by atoms with E-state index in [1.165, 1.54) is 20.8 Å². The fourth-order valence-electron chi connectivity index (χ4n) is 2.79. The summed E-state index contributed by atoms with van der Waals surface area (Å²) in [5, 5.41) is -0.939. The molecule has 0 radical (unpaired) electrons. The van der Waals surface area contributed by atoms with E-state index in [9.17, 15) is 16.8 Å². The molecule has 8 heteroatoms. The van der Waals surface area contributed by atoms with Crippen LogP contribution >= 0.6 is 0 Å². The monoisotopic (exact) mass is 342 g/mol. The van der Waals surface area contributed by atoms with Crippen LogP contribution < -0.4 is 0 Å². The van der Waals surface area contributed by atoms with Crippen LogP contribution in [0.15, 0.2) is 0 Å². The molecule has 1 aliphatic heterocycles. The Hall–Kier alpha value is -0.180. The van der Waals surface area contributed by atoms with Crippen molar-refractivity contribution >= 4 is 20.2 Å². The second-order valence-electron chi connectivity index (χ2n) is 7.58. The van der Waals surface area contributed by atoms with Crippen LogP contribution in [0, 0.1) is 0 Å². The fraction of sp³-hybridized carbons (Fsp3) is 1.00. The summed E-state index contributed by atoms with van der Waals surface area (Å²) in [6.45, 7) is 10.8. The maximum absolute atomic E-state index is 12.5. The lowest BCUT2D eigenvalue weighted by atomic mass is 9.93. The minimum absolute atomic E-state index is 0.0934. The van der Waals surface area contributed by atoms with E-state index in [2.05, 4.69) is 0 Å². The maximum atomic E-state index is 12.5. The van der Waals surface area contributed by atoms with E-state index < -0.39 is 41.4 Å². The van der Waals surface area contributed by atoms with Crippen LogP contribution in [0.2, 0.25) is 0 Å². The topological polar surface area (TPSA) is 86.7 Å². The molecule has 0 aromatic carbocycles. The predicted octanol–water partition coefficient (Wildman–Crippen LogP) is 2.20. The van der Waals surface area contributed by atoms with Gasteiger partial charge in [-0.25, -0.2) is 0 Å². The molecule has 1 rings (SSSR count). The highest BCUT2D eigenvalue weighted by molar-refractivity contribution is 7.88. The highest BCUT2D eigenvalue weighted by Crippen LogP contribution is 2.37. The zero-order valence-electron chi connectivity index (χ0n) is 13.8. The minimum Gasteiger partial charge on any atom is -0.264 e. The van der Waals surface area contributed by atoms with Gasteiger partial charge in [0, 0.05) is 6.42 Å². The van der Waals surface area contributed by atoms with Gasteiger partial charge in [-0.15, -0.1) is 0 Å². The normalized spacial score (nSPS) is 34.0. The first-order valence-electron chi connectivity index (χ1n) is 6.89. The van der Waals surface area contributed by atoms with E-state index >= 15 is 0 Å². The van der Waals surface area contributed by atoms with Crippen molar-refractivity contribution in [2.24, 2.45) is 0 Å². The van der Waals surface area contributed by atoms with Crippen molar-refractivity contribution in [3.05, 3.63) is 0 Å². The van der Waals surface area contributed by atoms with Gasteiger partial charge in [0.15, 0.2) is 0 Å². The van der Waals surface area contributed by atoms with Gasteiger partial charge >= 0.3 is 0 Å². The standard InChI is InChI=1S/C13H26O6S2/c1-10-8-13(6,7)21(16,17)19-12(4,5)9-11(2,3)18-20(10,14)15/h10H,8-9H2,1-7H3.